The first kappa shape index (κ1) is 17.8. The van der Waals surface area contributed by atoms with Gasteiger partial charge in [0.25, 0.3) is 0 Å². The van der Waals surface area contributed by atoms with Gasteiger partial charge in [0.05, 0.1) is 26.1 Å². The van der Waals surface area contributed by atoms with E-state index in [9.17, 15) is 0 Å². The Kier molecular flexibility index (Phi) is 4.80. The van der Waals surface area contributed by atoms with E-state index >= 15 is 0 Å². The monoisotopic (exact) mass is 375 g/mol. The van der Waals surface area contributed by atoms with E-state index in [1.165, 1.54) is 5.56 Å². The van der Waals surface area contributed by atoms with Gasteiger partial charge in [0, 0.05) is 12.6 Å². The number of hydrogen-bond donors (Lipinski definition) is 1. The Labute approximate surface area is 163 Å². The molecule has 2 heterocycles. The summed E-state index contributed by atoms with van der Waals surface area (Å²) in [6.45, 7) is 0.728. The largest absolute Gasteiger partial charge is 0.497 e. The Hall–Kier alpha value is -3.61. The van der Waals surface area contributed by atoms with Crippen LogP contribution in [0.2, 0.25) is 0 Å². The summed E-state index contributed by atoms with van der Waals surface area (Å²) in [5.74, 6) is 2.95. The highest BCUT2D eigenvalue weighted by Gasteiger charge is 2.21. The van der Waals surface area contributed by atoms with Crippen LogP contribution in [0, 0.1) is 0 Å². The van der Waals surface area contributed by atoms with Crippen molar-refractivity contribution in [3.8, 4) is 34.4 Å². The van der Waals surface area contributed by atoms with Crippen LogP contribution in [0.4, 0.5) is 5.82 Å². The Morgan fingerprint density at radius 2 is 1.82 bits per heavy atom. The molecule has 2 aromatic rings. The average Bonchev–Trinajstić information content (AvgIpc) is 3.20. The van der Waals surface area contributed by atoms with Crippen LogP contribution in [0.25, 0.3) is 22.9 Å². The zero-order chi connectivity index (χ0) is 19.5. The molecule has 4 rings (SSSR count). The zero-order valence-electron chi connectivity index (χ0n) is 15.8. The SMILES string of the molecule is COc1ccc(-c2nc3c(N)ncn(CCc4ccccc4)c-3n2)c(OC)c1. The van der Waals surface area contributed by atoms with Gasteiger partial charge in [-0.05, 0) is 24.1 Å². The lowest BCUT2D eigenvalue weighted by atomic mass is 10.1. The molecule has 28 heavy (non-hydrogen) atoms. The average molecular weight is 375 g/mol. The summed E-state index contributed by atoms with van der Waals surface area (Å²) in [5, 5.41) is 0. The minimum Gasteiger partial charge on any atom is -0.497 e. The number of ether oxygens (including phenoxy) is 2. The number of methoxy groups -OCH3 is 2. The first-order chi connectivity index (χ1) is 13.7. The van der Waals surface area contributed by atoms with Crippen molar-refractivity contribution in [2.45, 2.75) is 13.0 Å². The van der Waals surface area contributed by atoms with Gasteiger partial charge < -0.3 is 19.8 Å². The number of hydrogen-bond acceptors (Lipinski definition) is 6. The molecule has 2 aromatic carbocycles. The van der Waals surface area contributed by atoms with E-state index in [1.54, 1.807) is 26.6 Å². The second kappa shape index (κ2) is 7.56. The predicted octanol–water partition coefficient (Wildman–Crippen LogP) is 3.29. The van der Waals surface area contributed by atoms with E-state index < -0.39 is 0 Å². The second-order valence-corrected chi connectivity index (χ2v) is 6.34. The van der Waals surface area contributed by atoms with Crippen LogP contribution in [-0.4, -0.2) is 33.7 Å². The lowest BCUT2D eigenvalue weighted by Gasteiger charge is -2.11. The van der Waals surface area contributed by atoms with Gasteiger partial charge >= 0.3 is 0 Å². The van der Waals surface area contributed by atoms with Crippen LogP contribution >= 0.6 is 0 Å². The maximum Gasteiger partial charge on any atom is 0.166 e. The second-order valence-electron chi connectivity index (χ2n) is 6.34. The number of imidazole rings is 1. The topological polar surface area (TPSA) is 88.1 Å². The smallest absolute Gasteiger partial charge is 0.166 e. The third-order valence-corrected chi connectivity index (χ3v) is 4.63. The molecule has 7 nitrogen and oxygen atoms in total. The van der Waals surface area contributed by atoms with Gasteiger partial charge in [-0.1, -0.05) is 30.3 Å². The molecular weight excluding hydrogens is 354 g/mol. The highest BCUT2D eigenvalue weighted by atomic mass is 16.5. The van der Waals surface area contributed by atoms with E-state index in [-0.39, 0.29) is 0 Å². The number of aromatic nitrogens is 4. The van der Waals surface area contributed by atoms with Crippen LogP contribution in [-0.2, 0) is 13.0 Å². The number of benzene rings is 2. The van der Waals surface area contributed by atoms with Crippen molar-refractivity contribution in [3.63, 3.8) is 0 Å². The third kappa shape index (κ3) is 3.34. The molecule has 0 aliphatic carbocycles. The van der Waals surface area contributed by atoms with Crippen molar-refractivity contribution in [2.75, 3.05) is 20.0 Å². The van der Waals surface area contributed by atoms with Crippen molar-refractivity contribution in [2.24, 2.45) is 0 Å². The molecule has 0 aromatic heterocycles. The van der Waals surface area contributed by atoms with Gasteiger partial charge in [-0.2, -0.15) is 0 Å². The highest BCUT2D eigenvalue weighted by molar-refractivity contribution is 5.74. The molecule has 0 saturated heterocycles. The van der Waals surface area contributed by atoms with E-state index in [4.69, 9.17) is 20.2 Å². The Morgan fingerprint density at radius 1 is 1.00 bits per heavy atom. The molecule has 2 aliphatic rings. The van der Waals surface area contributed by atoms with Gasteiger partial charge in [-0.15, -0.1) is 0 Å². The van der Waals surface area contributed by atoms with Crippen LogP contribution < -0.4 is 15.2 Å². The van der Waals surface area contributed by atoms with E-state index in [1.807, 2.05) is 34.9 Å². The van der Waals surface area contributed by atoms with Gasteiger partial charge in [0.1, 0.15) is 11.5 Å². The predicted molar refractivity (Wildman–Crippen MR) is 108 cm³/mol. The van der Waals surface area contributed by atoms with Crippen molar-refractivity contribution in [3.05, 3.63) is 60.4 Å². The third-order valence-electron chi connectivity index (χ3n) is 4.63. The first-order valence-electron chi connectivity index (χ1n) is 8.94. The number of nitrogens with zero attached hydrogens (tertiary/aromatic N) is 4. The van der Waals surface area contributed by atoms with Crippen LogP contribution in [0.3, 0.4) is 0 Å². The molecule has 0 saturated carbocycles. The number of nitrogens with two attached hydrogens (primary N) is 1. The summed E-state index contributed by atoms with van der Waals surface area (Å²) >= 11 is 0. The fraction of sp³-hybridized carbons (Fsp3) is 0.190. The normalized spacial score (nSPS) is 10.9. The standard InChI is InChI=1S/C21H21N5O2/c1-27-15-8-9-16(17(12-15)28-2)20-24-18-19(22)23-13-26(21(18)25-20)11-10-14-6-4-3-5-7-14/h3-9,12-13H,10-11,22H2,1-2H3. The summed E-state index contributed by atoms with van der Waals surface area (Å²) in [6, 6.07) is 15.8. The minimum absolute atomic E-state index is 0.359. The van der Waals surface area contributed by atoms with Gasteiger partial charge in [0.2, 0.25) is 0 Å². The molecule has 0 radical (unpaired) electrons. The van der Waals surface area contributed by atoms with Crippen molar-refractivity contribution >= 4 is 5.82 Å². The molecule has 0 amide bonds. The lowest BCUT2D eigenvalue weighted by molar-refractivity contribution is 0.395. The van der Waals surface area contributed by atoms with E-state index in [0.717, 1.165) is 18.5 Å². The molecule has 0 unspecified atom stereocenters. The van der Waals surface area contributed by atoms with Crippen LogP contribution in [0.5, 0.6) is 11.5 Å². The van der Waals surface area contributed by atoms with Crippen molar-refractivity contribution in [1.29, 1.82) is 0 Å². The lowest BCUT2D eigenvalue weighted by Crippen LogP contribution is -2.09. The Morgan fingerprint density at radius 3 is 2.57 bits per heavy atom. The molecule has 2 N–H and O–H groups in total. The maximum absolute atomic E-state index is 6.06. The minimum atomic E-state index is 0.359. The summed E-state index contributed by atoms with van der Waals surface area (Å²) in [6.07, 6.45) is 2.57. The fourth-order valence-corrected chi connectivity index (χ4v) is 3.12. The zero-order valence-corrected chi connectivity index (χ0v) is 15.8. The number of rotatable bonds is 6. The summed E-state index contributed by atoms with van der Waals surface area (Å²) in [4.78, 5) is 13.6. The highest BCUT2D eigenvalue weighted by Crippen LogP contribution is 2.35. The van der Waals surface area contributed by atoms with Crippen molar-refractivity contribution in [1.82, 2.24) is 19.5 Å². The fourth-order valence-electron chi connectivity index (χ4n) is 3.12. The van der Waals surface area contributed by atoms with Gasteiger partial charge in [0.15, 0.2) is 23.2 Å². The molecule has 0 fully saturated rings. The first-order valence-corrected chi connectivity index (χ1v) is 8.94. The van der Waals surface area contributed by atoms with E-state index in [2.05, 4.69) is 22.1 Å². The Bertz CT molecular complexity index is 1060. The number of aryl methyl sites for hydroxylation is 2. The molecular formula is C21H21N5O2. The van der Waals surface area contributed by atoms with Crippen LogP contribution in [0.1, 0.15) is 5.56 Å². The summed E-state index contributed by atoms with van der Waals surface area (Å²) in [5.41, 5.74) is 8.67. The van der Waals surface area contributed by atoms with Gasteiger partial charge in [-0.3, -0.25) is 0 Å². The maximum atomic E-state index is 6.06. The number of nitrogen functional groups attached to an aromatic ring is 1. The van der Waals surface area contributed by atoms with E-state index in [0.29, 0.717) is 34.7 Å². The molecule has 0 atom stereocenters. The molecule has 2 aliphatic heterocycles. The molecule has 0 spiro atoms. The summed E-state index contributed by atoms with van der Waals surface area (Å²) < 4.78 is 12.7. The Balaban J connectivity index is 1.72. The number of fused-ring (bicyclic) bond motifs is 1. The van der Waals surface area contributed by atoms with Crippen molar-refractivity contribution < 1.29 is 9.47 Å². The summed E-state index contributed by atoms with van der Waals surface area (Å²) in [7, 11) is 3.22. The van der Waals surface area contributed by atoms with Gasteiger partial charge in [-0.25, -0.2) is 15.0 Å². The van der Waals surface area contributed by atoms with Crippen LogP contribution in [0.15, 0.2) is 54.9 Å². The number of anilines is 1. The quantitative estimate of drug-likeness (QED) is 0.556. The molecule has 7 heteroatoms. The molecule has 0 bridgehead atoms. The molecule has 142 valence electrons.